The van der Waals surface area contributed by atoms with E-state index in [9.17, 15) is 4.79 Å². The summed E-state index contributed by atoms with van der Waals surface area (Å²) >= 11 is 0. The third-order valence-corrected chi connectivity index (χ3v) is 8.11. The first-order chi connectivity index (χ1) is 17.4. The van der Waals surface area contributed by atoms with Crippen molar-refractivity contribution < 1.29 is 0 Å². The van der Waals surface area contributed by atoms with Gasteiger partial charge in [0.25, 0.3) is 5.56 Å². The van der Waals surface area contributed by atoms with Gasteiger partial charge in [0.2, 0.25) is 0 Å². The van der Waals surface area contributed by atoms with Crippen LogP contribution in [0.3, 0.4) is 0 Å². The Bertz CT molecular complexity index is 1350. The molecule has 1 aliphatic carbocycles. The monoisotopic (exact) mass is 488 g/mol. The predicted octanol–water partition coefficient (Wildman–Crippen LogP) is 3.37. The number of fused-ring (bicyclic) bond motifs is 2. The summed E-state index contributed by atoms with van der Waals surface area (Å²) in [6, 6.07) is 4.58. The van der Waals surface area contributed by atoms with Gasteiger partial charge in [-0.15, -0.1) is 0 Å². The van der Waals surface area contributed by atoms with Crippen molar-refractivity contribution in [1.29, 1.82) is 5.26 Å². The highest BCUT2D eigenvalue weighted by molar-refractivity contribution is 5.88. The van der Waals surface area contributed by atoms with Gasteiger partial charge in [0.05, 0.1) is 52.8 Å². The van der Waals surface area contributed by atoms with Crippen LogP contribution < -0.4 is 10.5 Å². The zero-order valence-electron chi connectivity index (χ0n) is 21.8. The number of piperazine rings is 1. The smallest absolute Gasteiger partial charge is 0.252 e. The highest BCUT2D eigenvalue weighted by Crippen LogP contribution is 2.34. The Kier molecular flexibility index (Phi) is 6.80. The lowest BCUT2D eigenvalue weighted by atomic mass is 9.97. The van der Waals surface area contributed by atoms with Crippen LogP contribution in [0, 0.1) is 11.3 Å². The fraction of sp³-hybridized carbons (Fsp3) is 0.593. The van der Waals surface area contributed by atoms with Crippen LogP contribution >= 0.6 is 0 Å². The van der Waals surface area contributed by atoms with Crippen molar-refractivity contribution in [3.63, 3.8) is 0 Å². The summed E-state index contributed by atoms with van der Waals surface area (Å²) in [5.74, 6) is 0. The molecule has 0 spiro atoms. The maximum Gasteiger partial charge on any atom is 0.252 e. The minimum absolute atomic E-state index is 0.0583. The largest absolute Gasteiger partial charge is 0.364 e. The van der Waals surface area contributed by atoms with Crippen LogP contribution in [0.15, 0.2) is 23.3 Å². The van der Waals surface area contributed by atoms with Gasteiger partial charge >= 0.3 is 0 Å². The fourth-order valence-corrected chi connectivity index (χ4v) is 5.90. The summed E-state index contributed by atoms with van der Waals surface area (Å²) in [6.45, 7) is 8.54. The van der Waals surface area contributed by atoms with Crippen LogP contribution in [0.25, 0.3) is 11.0 Å². The van der Waals surface area contributed by atoms with Crippen LogP contribution in [0.2, 0.25) is 0 Å². The van der Waals surface area contributed by atoms with E-state index in [-0.39, 0.29) is 24.2 Å². The van der Waals surface area contributed by atoms with Gasteiger partial charge in [-0.1, -0.05) is 13.8 Å². The molecule has 0 aromatic carbocycles. The third kappa shape index (κ3) is 4.28. The molecular formula is C27H36N8O. The average Bonchev–Trinajstić information content (AvgIpc) is 3.33. The van der Waals surface area contributed by atoms with Gasteiger partial charge < -0.3 is 9.47 Å². The Labute approximate surface area is 212 Å². The molecule has 1 saturated heterocycles. The van der Waals surface area contributed by atoms with Crippen LogP contribution in [0.5, 0.6) is 0 Å². The molecular weight excluding hydrogens is 452 g/mol. The van der Waals surface area contributed by atoms with Crippen LogP contribution in [0.1, 0.15) is 69.6 Å². The number of hydrogen-bond acceptors (Lipinski definition) is 7. The van der Waals surface area contributed by atoms with E-state index >= 15 is 0 Å². The molecule has 2 aliphatic rings. The molecule has 3 aromatic heterocycles. The number of pyridine rings is 1. The van der Waals surface area contributed by atoms with Crippen molar-refractivity contribution in [2.24, 2.45) is 7.05 Å². The van der Waals surface area contributed by atoms with Gasteiger partial charge in [0, 0.05) is 38.3 Å². The summed E-state index contributed by atoms with van der Waals surface area (Å²) in [4.78, 5) is 27.7. The first kappa shape index (κ1) is 24.4. The molecule has 1 fully saturated rings. The zero-order valence-corrected chi connectivity index (χ0v) is 21.8. The van der Waals surface area contributed by atoms with Gasteiger partial charge in [0.15, 0.2) is 0 Å². The standard InChI is InChI=1S/C27H36N8O/c1-5-19-16-35(24-13-26(36)32(4)25-17-33(12-11-28)31-27(24)25)20(6-2)15-34(19)18(3)23-14-29-21-9-7-8-10-22(21)30-23/h13-14,17-20H,5-10,12,15-16H2,1-4H3/t18-,19-,20+/m1/s1. The molecule has 3 atom stereocenters. The molecule has 3 aromatic rings. The number of anilines is 1. The van der Waals surface area contributed by atoms with Crippen molar-refractivity contribution in [3.8, 4) is 6.07 Å². The summed E-state index contributed by atoms with van der Waals surface area (Å²) in [6.07, 6.45) is 10.2. The Morgan fingerprint density at radius 2 is 1.89 bits per heavy atom. The van der Waals surface area contributed by atoms with Crippen molar-refractivity contribution in [1.82, 2.24) is 29.2 Å². The Hall–Kier alpha value is -3.25. The lowest BCUT2D eigenvalue weighted by Gasteiger charge is -2.49. The zero-order chi connectivity index (χ0) is 25.4. The molecule has 1 aliphatic heterocycles. The summed E-state index contributed by atoms with van der Waals surface area (Å²) in [7, 11) is 1.76. The second kappa shape index (κ2) is 10.0. The van der Waals surface area contributed by atoms with Gasteiger partial charge in [0.1, 0.15) is 12.1 Å². The molecule has 0 N–H and O–H groups in total. The number of nitrogens with zero attached hydrogens (tertiary/aromatic N) is 8. The summed E-state index contributed by atoms with van der Waals surface area (Å²) in [5, 5.41) is 13.9. The Balaban J connectivity index is 1.48. The first-order valence-corrected chi connectivity index (χ1v) is 13.3. The van der Waals surface area contributed by atoms with Crippen molar-refractivity contribution in [2.75, 3.05) is 18.0 Å². The molecule has 9 heteroatoms. The average molecular weight is 489 g/mol. The summed E-state index contributed by atoms with van der Waals surface area (Å²) in [5.41, 5.74) is 5.76. The molecule has 0 amide bonds. The molecule has 0 radical (unpaired) electrons. The summed E-state index contributed by atoms with van der Waals surface area (Å²) < 4.78 is 3.24. The molecule has 4 heterocycles. The topological polar surface area (TPSA) is 95.9 Å². The fourth-order valence-electron chi connectivity index (χ4n) is 5.90. The predicted molar refractivity (Wildman–Crippen MR) is 140 cm³/mol. The molecule has 0 bridgehead atoms. The lowest BCUT2D eigenvalue weighted by molar-refractivity contribution is 0.0988. The van der Waals surface area contributed by atoms with E-state index in [1.807, 2.05) is 6.20 Å². The molecule has 9 nitrogen and oxygen atoms in total. The molecule has 36 heavy (non-hydrogen) atoms. The SMILES string of the molecule is CC[C@H]1CN([C@H](C)c2cnc3c(n2)CCCC3)[C@H](CC)CN1c1cc(=O)n(C)c2cn(CC#N)nc12. The van der Waals surface area contributed by atoms with Crippen molar-refractivity contribution in [2.45, 2.75) is 84.0 Å². The van der Waals surface area contributed by atoms with Crippen LogP contribution in [-0.2, 0) is 26.4 Å². The van der Waals surface area contributed by atoms with E-state index in [1.54, 1.807) is 28.6 Å². The van der Waals surface area contributed by atoms with Gasteiger partial charge in [-0.2, -0.15) is 10.4 Å². The molecule has 190 valence electrons. The highest BCUT2D eigenvalue weighted by Gasteiger charge is 2.37. The van der Waals surface area contributed by atoms with Crippen molar-refractivity contribution >= 4 is 16.7 Å². The van der Waals surface area contributed by atoms with Crippen molar-refractivity contribution in [3.05, 3.63) is 45.9 Å². The van der Waals surface area contributed by atoms with E-state index in [4.69, 9.17) is 20.3 Å². The van der Waals surface area contributed by atoms with Gasteiger partial charge in [-0.25, -0.2) is 0 Å². The number of aromatic nitrogens is 5. The number of hydrogen-bond donors (Lipinski definition) is 0. The van der Waals surface area contributed by atoms with Gasteiger partial charge in [-0.05, 0) is 45.4 Å². The number of nitriles is 1. The van der Waals surface area contributed by atoms with Gasteiger partial charge in [-0.3, -0.25) is 24.3 Å². The van der Waals surface area contributed by atoms with E-state index in [0.717, 1.165) is 61.2 Å². The minimum atomic E-state index is -0.0583. The number of rotatable bonds is 6. The van der Waals surface area contributed by atoms with E-state index in [2.05, 4.69) is 36.6 Å². The Morgan fingerprint density at radius 1 is 1.14 bits per heavy atom. The molecule has 5 rings (SSSR count). The minimum Gasteiger partial charge on any atom is -0.364 e. The third-order valence-electron chi connectivity index (χ3n) is 8.11. The first-order valence-electron chi connectivity index (χ1n) is 13.3. The lowest BCUT2D eigenvalue weighted by Crippen LogP contribution is -2.59. The number of aryl methyl sites for hydroxylation is 3. The second-order valence-electron chi connectivity index (χ2n) is 10.2. The van der Waals surface area contributed by atoms with Crippen LogP contribution in [0.4, 0.5) is 5.69 Å². The van der Waals surface area contributed by atoms with E-state index in [1.165, 1.54) is 24.2 Å². The van der Waals surface area contributed by atoms with Crippen LogP contribution in [-0.4, -0.2) is 54.4 Å². The molecule has 0 saturated carbocycles. The van der Waals surface area contributed by atoms with E-state index < -0.39 is 0 Å². The highest BCUT2D eigenvalue weighted by atomic mass is 16.1. The Morgan fingerprint density at radius 3 is 2.61 bits per heavy atom. The molecule has 0 unspecified atom stereocenters. The quantitative estimate of drug-likeness (QED) is 0.525. The maximum absolute atomic E-state index is 12.9. The normalized spacial score (nSPS) is 21.4. The van der Waals surface area contributed by atoms with E-state index in [0.29, 0.717) is 6.04 Å². The maximum atomic E-state index is 12.9. The second-order valence-corrected chi connectivity index (χ2v) is 10.2.